The van der Waals surface area contributed by atoms with Crippen LogP contribution in [0.4, 0.5) is 17.5 Å². The van der Waals surface area contributed by atoms with Crippen LogP contribution in [0.25, 0.3) is 0 Å². The summed E-state index contributed by atoms with van der Waals surface area (Å²) in [5.41, 5.74) is 1.46. The van der Waals surface area contributed by atoms with Crippen LogP contribution in [-0.4, -0.2) is 47.3 Å². The molecule has 8 heteroatoms. The molecule has 2 fully saturated rings. The zero-order valence-corrected chi connectivity index (χ0v) is 13.7. The van der Waals surface area contributed by atoms with E-state index in [1.807, 2.05) is 12.1 Å². The van der Waals surface area contributed by atoms with Gasteiger partial charge in [-0.15, -0.1) is 5.10 Å². The van der Waals surface area contributed by atoms with Crippen molar-refractivity contribution in [2.75, 3.05) is 36.5 Å². The first-order chi connectivity index (χ1) is 12.3. The number of rotatable bonds is 3. The Morgan fingerprint density at radius 2 is 1.84 bits per heavy atom. The van der Waals surface area contributed by atoms with Crippen molar-refractivity contribution in [2.24, 2.45) is 0 Å². The highest BCUT2D eigenvalue weighted by molar-refractivity contribution is 5.57. The molecule has 0 radical (unpaired) electrons. The molecule has 2 aromatic rings. The predicted molar refractivity (Wildman–Crippen MR) is 90.3 cm³/mol. The van der Waals surface area contributed by atoms with Crippen molar-refractivity contribution in [2.45, 2.75) is 18.6 Å². The molecule has 2 aliphatic rings. The highest BCUT2D eigenvalue weighted by Gasteiger charge is 2.40. The second-order valence-electron chi connectivity index (χ2n) is 6.05. The molecular formula is C17H18N6O2. The molecule has 0 unspecified atom stereocenters. The number of nitriles is 1. The SMILES string of the molecule is N#Cc1ccc(Nc2cnnc(N3CCC4(CC3)OCCO4)n2)cc1. The lowest BCUT2D eigenvalue weighted by Gasteiger charge is -2.37. The van der Waals surface area contributed by atoms with Gasteiger partial charge in [0.15, 0.2) is 11.6 Å². The van der Waals surface area contributed by atoms with Crippen molar-refractivity contribution in [3.05, 3.63) is 36.0 Å². The van der Waals surface area contributed by atoms with E-state index in [-0.39, 0.29) is 0 Å². The van der Waals surface area contributed by atoms with Crippen molar-refractivity contribution in [3.63, 3.8) is 0 Å². The molecule has 1 N–H and O–H groups in total. The second-order valence-corrected chi connectivity index (χ2v) is 6.05. The molecule has 1 aromatic carbocycles. The Labute approximate surface area is 145 Å². The van der Waals surface area contributed by atoms with Crippen LogP contribution in [0.1, 0.15) is 18.4 Å². The second kappa shape index (κ2) is 6.63. The summed E-state index contributed by atoms with van der Waals surface area (Å²) in [5, 5.41) is 20.2. The predicted octanol–water partition coefficient (Wildman–Crippen LogP) is 1.83. The van der Waals surface area contributed by atoms with Crippen molar-refractivity contribution in [3.8, 4) is 6.07 Å². The van der Waals surface area contributed by atoms with Crippen molar-refractivity contribution < 1.29 is 9.47 Å². The number of benzene rings is 1. The number of nitrogens with zero attached hydrogens (tertiary/aromatic N) is 5. The number of hydrogen-bond donors (Lipinski definition) is 1. The highest BCUT2D eigenvalue weighted by Crippen LogP contribution is 2.32. The molecule has 128 valence electrons. The van der Waals surface area contributed by atoms with Gasteiger partial charge in [-0.2, -0.15) is 15.3 Å². The normalized spacial score (nSPS) is 18.9. The van der Waals surface area contributed by atoms with Gasteiger partial charge in [-0.3, -0.25) is 0 Å². The zero-order chi connectivity index (χ0) is 17.1. The standard InChI is InChI=1S/C17H18N6O2/c18-11-13-1-3-14(4-2-13)20-15-12-19-22-16(21-15)23-7-5-17(6-8-23)24-9-10-25-17/h1-4,12H,5-10H2,(H,20,21,22). The van der Waals surface area contributed by atoms with Crippen molar-refractivity contribution >= 4 is 17.5 Å². The van der Waals surface area contributed by atoms with E-state index in [2.05, 4.69) is 31.5 Å². The summed E-state index contributed by atoms with van der Waals surface area (Å²) in [6, 6.07) is 9.27. The van der Waals surface area contributed by atoms with Crippen LogP contribution in [0.15, 0.2) is 30.5 Å². The van der Waals surface area contributed by atoms with E-state index in [1.54, 1.807) is 18.3 Å². The Kier molecular flexibility index (Phi) is 4.17. The number of aromatic nitrogens is 3. The Morgan fingerprint density at radius 3 is 2.52 bits per heavy atom. The molecule has 2 saturated heterocycles. The summed E-state index contributed by atoms with van der Waals surface area (Å²) in [6.45, 7) is 2.87. The maximum absolute atomic E-state index is 8.85. The summed E-state index contributed by atoms with van der Waals surface area (Å²) in [5.74, 6) is 0.789. The molecule has 0 saturated carbocycles. The molecule has 1 spiro atoms. The largest absolute Gasteiger partial charge is 0.347 e. The molecule has 2 aliphatic heterocycles. The van der Waals surface area contributed by atoms with Crippen LogP contribution in [0.2, 0.25) is 0 Å². The first kappa shape index (κ1) is 15.7. The third-order valence-corrected chi connectivity index (χ3v) is 4.46. The van der Waals surface area contributed by atoms with E-state index in [0.717, 1.165) is 31.6 Å². The van der Waals surface area contributed by atoms with Crippen molar-refractivity contribution in [1.29, 1.82) is 5.26 Å². The van der Waals surface area contributed by atoms with Crippen LogP contribution in [-0.2, 0) is 9.47 Å². The topological polar surface area (TPSA) is 96.2 Å². The molecule has 0 atom stereocenters. The van der Waals surface area contributed by atoms with E-state index in [0.29, 0.717) is 30.5 Å². The number of nitrogens with one attached hydrogen (secondary N) is 1. The summed E-state index contributed by atoms with van der Waals surface area (Å²) in [7, 11) is 0. The number of hydrogen-bond acceptors (Lipinski definition) is 8. The fourth-order valence-electron chi connectivity index (χ4n) is 3.10. The Morgan fingerprint density at radius 1 is 1.12 bits per heavy atom. The van der Waals surface area contributed by atoms with Gasteiger partial charge in [-0.05, 0) is 24.3 Å². The Hall–Kier alpha value is -2.76. The van der Waals surface area contributed by atoms with Gasteiger partial charge in [0.25, 0.3) is 0 Å². The molecule has 1 aromatic heterocycles. The van der Waals surface area contributed by atoms with Gasteiger partial charge >= 0.3 is 0 Å². The molecule has 0 amide bonds. The first-order valence-corrected chi connectivity index (χ1v) is 8.26. The van der Waals surface area contributed by atoms with Gasteiger partial charge < -0.3 is 19.7 Å². The van der Waals surface area contributed by atoms with Gasteiger partial charge in [0.05, 0.1) is 31.0 Å². The number of piperidine rings is 1. The fourth-order valence-corrected chi connectivity index (χ4v) is 3.10. The first-order valence-electron chi connectivity index (χ1n) is 8.26. The zero-order valence-electron chi connectivity index (χ0n) is 13.7. The van der Waals surface area contributed by atoms with E-state index < -0.39 is 5.79 Å². The number of anilines is 3. The van der Waals surface area contributed by atoms with E-state index in [4.69, 9.17) is 14.7 Å². The summed E-state index contributed by atoms with van der Waals surface area (Å²) >= 11 is 0. The van der Waals surface area contributed by atoms with E-state index >= 15 is 0 Å². The average Bonchev–Trinajstić information content (AvgIpc) is 3.11. The monoisotopic (exact) mass is 338 g/mol. The van der Waals surface area contributed by atoms with Crippen LogP contribution in [0.5, 0.6) is 0 Å². The van der Waals surface area contributed by atoms with Crippen LogP contribution >= 0.6 is 0 Å². The van der Waals surface area contributed by atoms with E-state index in [1.165, 1.54) is 0 Å². The molecule has 3 heterocycles. The molecular weight excluding hydrogens is 320 g/mol. The maximum Gasteiger partial charge on any atom is 0.247 e. The van der Waals surface area contributed by atoms with Gasteiger partial charge in [0.2, 0.25) is 5.95 Å². The van der Waals surface area contributed by atoms with Gasteiger partial charge in [0, 0.05) is 31.6 Å². The molecule has 4 rings (SSSR count). The molecule has 25 heavy (non-hydrogen) atoms. The third-order valence-electron chi connectivity index (χ3n) is 4.46. The molecule has 0 bridgehead atoms. The van der Waals surface area contributed by atoms with Crippen molar-refractivity contribution in [1.82, 2.24) is 15.2 Å². The fraction of sp³-hybridized carbons (Fsp3) is 0.412. The Balaban J connectivity index is 1.43. The minimum Gasteiger partial charge on any atom is -0.347 e. The highest BCUT2D eigenvalue weighted by atomic mass is 16.7. The minimum absolute atomic E-state index is 0.414. The van der Waals surface area contributed by atoms with Crippen LogP contribution in [0, 0.1) is 11.3 Å². The summed E-state index contributed by atoms with van der Waals surface area (Å²) < 4.78 is 11.5. The van der Waals surface area contributed by atoms with Crippen LogP contribution < -0.4 is 10.2 Å². The summed E-state index contributed by atoms with van der Waals surface area (Å²) in [4.78, 5) is 6.63. The average molecular weight is 338 g/mol. The quantitative estimate of drug-likeness (QED) is 0.905. The van der Waals surface area contributed by atoms with Gasteiger partial charge in [-0.25, -0.2) is 0 Å². The molecule has 0 aliphatic carbocycles. The smallest absolute Gasteiger partial charge is 0.247 e. The lowest BCUT2D eigenvalue weighted by molar-refractivity contribution is -0.169. The Bertz CT molecular complexity index is 772. The van der Waals surface area contributed by atoms with Crippen LogP contribution in [0.3, 0.4) is 0 Å². The number of ether oxygens (including phenoxy) is 2. The molecule has 8 nitrogen and oxygen atoms in total. The summed E-state index contributed by atoms with van der Waals surface area (Å²) in [6.07, 6.45) is 3.17. The maximum atomic E-state index is 8.85. The minimum atomic E-state index is -0.414. The van der Waals surface area contributed by atoms with Gasteiger partial charge in [-0.1, -0.05) is 0 Å². The van der Waals surface area contributed by atoms with Gasteiger partial charge in [0.1, 0.15) is 0 Å². The lowest BCUT2D eigenvalue weighted by atomic mass is 10.0. The lowest BCUT2D eigenvalue weighted by Crippen LogP contribution is -2.45. The third kappa shape index (κ3) is 3.38. The van der Waals surface area contributed by atoms with E-state index in [9.17, 15) is 0 Å².